The molecule has 1 saturated heterocycles. The molecule has 0 radical (unpaired) electrons. The summed E-state index contributed by atoms with van der Waals surface area (Å²) < 4.78 is 43.1. The topological polar surface area (TPSA) is 24.5 Å². The fourth-order valence-corrected chi connectivity index (χ4v) is 2.46. The van der Waals surface area contributed by atoms with E-state index in [1.807, 2.05) is 13.8 Å². The fourth-order valence-electron chi connectivity index (χ4n) is 2.46. The van der Waals surface area contributed by atoms with Crippen LogP contribution in [0.2, 0.25) is 0 Å². The van der Waals surface area contributed by atoms with Crippen LogP contribution in [0.15, 0.2) is 0 Å². The summed E-state index contributed by atoms with van der Waals surface area (Å²) in [5, 5.41) is 3.21. The van der Waals surface area contributed by atoms with Crippen LogP contribution in [0.25, 0.3) is 0 Å². The molecular weight excluding hydrogens is 257 g/mol. The van der Waals surface area contributed by atoms with Crippen molar-refractivity contribution in [3.05, 3.63) is 0 Å². The van der Waals surface area contributed by atoms with Gasteiger partial charge in [-0.2, -0.15) is 13.2 Å². The van der Waals surface area contributed by atoms with E-state index in [1.54, 1.807) is 0 Å². The van der Waals surface area contributed by atoms with Crippen LogP contribution >= 0.6 is 0 Å². The van der Waals surface area contributed by atoms with Crippen LogP contribution in [-0.4, -0.2) is 56.0 Å². The molecule has 1 fully saturated rings. The molecule has 0 amide bonds. The maximum Gasteiger partial charge on any atom is 0.401 e. The second-order valence-corrected chi connectivity index (χ2v) is 5.12. The van der Waals surface area contributed by atoms with E-state index in [-0.39, 0.29) is 12.2 Å². The third-order valence-corrected chi connectivity index (χ3v) is 3.22. The summed E-state index contributed by atoms with van der Waals surface area (Å²) in [7, 11) is 0. The standard InChI is InChI=1S/C13H25F3N2O/c1-3-7-18(10-13(14,15)16)9-12-6-5-11(19-12)8-17-4-2/h11-12,17H,3-10H2,1-2H3. The van der Waals surface area contributed by atoms with Crippen LogP contribution in [0, 0.1) is 0 Å². The molecule has 3 nitrogen and oxygen atoms in total. The molecule has 0 aromatic heterocycles. The molecule has 6 heteroatoms. The monoisotopic (exact) mass is 282 g/mol. The fraction of sp³-hybridized carbons (Fsp3) is 1.00. The second kappa shape index (κ2) is 8.07. The van der Waals surface area contributed by atoms with Crippen LogP contribution in [0.3, 0.4) is 0 Å². The minimum Gasteiger partial charge on any atom is -0.372 e. The lowest BCUT2D eigenvalue weighted by Crippen LogP contribution is -2.40. The Hall–Kier alpha value is -0.330. The van der Waals surface area contributed by atoms with Crippen molar-refractivity contribution in [2.24, 2.45) is 0 Å². The van der Waals surface area contributed by atoms with Gasteiger partial charge in [0.15, 0.2) is 0 Å². The number of nitrogens with one attached hydrogen (secondary N) is 1. The Bertz CT molecular complexity index is 249. The first-order valence-electron chi connectivity index (χ1n) is 7.09. The highest BCUT2D eigenvalue weighted by molar-refractivity contribution is 4.78. The van der Waals surface area contributed by atoms with Crippen molar-refractivity contribution < 1.29 is 17.9 Å². The highest BCUT2D eigenvalue weighted by Gasteiger charge is 2.33. The van der Waals surface area contributed by atoms with Gasteiger partial charge in [-0.1, -0.05) is 13.8 Å². The first-order valence-corrected chi connectivity index (χ1v) is 7.09. The number of hydrogen-bond acceptors (Lipinski definition) is 3. The number of hydrogen-bond donors (Lipinski definition) is 1. The van der Waals surface area contributed by atoms with E-state index in [1.165, 1.54) is 4.90 Å². The van der Waals surface area contributed by atoms with Crippen molar-refractivity contribution in [2.75, 3.05) is 32.7 Å². The van der Waals surface area contributed by atoms with Gasteiger partial charge >= 0.3 is 6.18 Å². The molecule has 1 heterocycles. The average molecular weight is 282 g/mol. The first-order chi connectivity index (χ1) is 8.94. The first kappa shape index (κ1) is 16.7. The van der Waals surface area contributed by atoms with Gasteiger partial charge in [0.1, 0.15) is 0 Å². The van der Waals surface area contributed by atoms with Gasteiger partial charge in [0.2, 0.25) is 0 Å². The zero-order valence-corrected chi connectivity index (χ0v) is 11.8. The molecule has 1 N–H and O–H groups in total. The summed E-state index contributed by atoms with van der Waals surface area (Å²) in [5.41, 5.74) is 0. The lowest BCUT2D eigenvalue weighted by atomic mass is 10.2. The predicted octanol–water partition coefficient (Wildman–Crippen LogP) is 2.42. The van der Waals surface area contributed by atoms with Crippen LogP contribution in [0.5, 0.6) is 0 Å². The summed E-state index contributed by atoms with van der Waals surface area (Å²) in [6.45, 7) is 5.62. The summed E-state index contributed by atoms with van der Waals surface area (Å²) in [4.78, 5) is 1.46. The molecule has 0 saturated carbocycles. The van der Waals surface area contributed by atoms with Crippen molar-refractivity contribution in [1.29, 1.82) is 0 Å². The van der Waals surface area contributed by atoms with Gasteiger partial charge in [0, 0.05) is 13.1 Å². The molecule has 0 aromatic carbocycles. The van der Waals surface area contributed by atoms with E-state index in [0.29, 0.717) is 13.1 Å². The normalized spacial score (nSPS) is 24.3. The van der Waals surface area contributed by atoms with Gasteiger partial charge in [0.05, 0.1) is 18.8 Å². The summed E-state index contributed by atoms with van der Waals surface area (Å²) in [5.74, 6) is 0. The Labute approximate surface area is 113 Å². The van der Waals surface area contributed by atoms with Crippen LogP contribution in [-0.2, 0) is 4.74 Å². The zero-order valence-electron chi connectivity index (χ0n) is 11.8. The molecule has 0 bridgehead atoms. The van der Waals surface area contributed by atoms with Gasteiger partial charge in [-0.25, -0.2) is 0 Å². The Balaban J connectivity index is 2.34. The van der Waals surface area contributed by atoms with Gasteiger partial charge in [0.25, 0.3) is 0 Å². The van der Waals surface area contributed by atoms with Gasteiger partial charge in [-0.05, 0) is 32.4 Å². The number of rotatable bonds is 8. The van der Waals surface area contributed by atoms with Crippen molar-refractivity contribution in [3.63, 3.8) is 0 Å². The van der Waals surface area contributed by atoms with Crippen molar-refractivity contribution in [2.45, 2.75) is 51.5 Å². The maximum atomic E-state index is 12.5. The third kappa shape index (κ3) is 7.13. The molecule has 2 unspecified atom stereocenters. The molecule has 19 heavy (non-hydrogen) atoms. The Morgan fingerprint density at radius 3 is 2.47 bits per heavy atom. The Kier molecular flexibility index (Phi) is 7.10. The lowest BCUT2D eigenvalue weighted by molar-refractivity contribution is -0.149. The highest BCUT2D eigenvalue weighted by atomic mass is 19.4. The number of likely N-dealkylation sites (N-methyl/N-ethyl adjacent to an activating group) is 1. The molecule has 114 valence electrons. The molecule has 1 aliphatic heterocycles. The SMILES string of the molecule is CCCN(CC1CCC(CNCC)O1)CC(F)(F)F. The third-order valence-electron chi connectivity index (χ3n) is 3.22. The second-order valence-electron chi connectivity index (χ2n) is 5.12. The quantitative estimate of drug-likeness (QED) is 0.740. The Morgan fingerprint density at radius 2 is 1.89 bits per heavy atom. The Morgan fingerprint density at radius 1 is 1.21 bits per heavy atom. The maximum absolute atomic E-state index is 12.5. The number of ether oxygens (including phenoxy) is 1. The summed E-state index contributed by atoms with van der Waals surface area (Å²) >= 11 is 0. The van der Waals surface area contributed by atoms with Crippen LogP contribution in [0.1, 0.15) is 33.1 Å². The number of nitrogens with zero attached hydrogens (tertiary/aromatic N) is 1. The van der Waals surface area contributed by atoms with Gasteiger partial charge in [-0.15, -0.1) is 0 Å². The van der Waals surface area contributed by atoms with Crippen LogP contribution < -0.4 is 5.32 Å². The average Bonchev–Trinajstić information content (AvgIpc) is 2.72. The van der Waals surface area contributed by atoms with E-state index < -0.39 is 12.7 Å². The van der Waals surface area contributed by atoms with Crippen molar-refractivity contribution in [3.8, 4) is 0 Å². The molecular formula is C13H25F3N2O. The van der Waals surface area contributed by atoms with Crippen molar-refractivity contribution >= 4 is 0 Å². The van der Waals surface area contributed by atoms with Crippen LogP contribution in [0.4, 0.5) is 13.2 Å². The lowest BCUT2D eigenvalue weighted by Gasteiger charge is -2.26. The highest BCUT2D eigenvalue weighted by Crippen LogP contribution is 2.22. The van der Waals surface area contributed by atoms with E-state index in [0.717, 1.165) is 32.4 Å². The number of alkyl halides is 3. The molecule has 1 aliphatic rings. The molecule has 2 atom stereocenters. The largest absolute Gasteiger partial charge is 0.401 e. The zero-order chi connectivity index (χ0) is 14.3. The van der Waals surface area contributed by atoms with E-state index >= 15 is 0 Å². The summed E-state index contributed by atoms with van der Waals surface area (Å²) in [6.07, 6.45) is -1.52. The van der Waals surface area contributed by atoms with Gasteiger partial charge < -0.3 is 10.1 Å². The molecule has 0 spiro atoms. The predicted molar refractivity (Wildman–Crippen MR) is 69.2 cm³/mol. The van der Waals surface area contributed by atoms with Crippen molar-refractivity contribution in [1.82, 2.24) is 10.2 Å². The smallest absolute Gasteiger partial charge is 0.372 e. The van der Waals surface area contributed by atoms with E-state index in [4.69, 9.17) is 4.74 Å². The van der Waals surface area contributed by atoms with E-state index in [9.17, 15) is 13.2 Å². The van der Waals surface area contributed by atoms with Gasteiger partial charge in [-0.3, -0.25) is 4.90 Å². The number of halogens is 3. The summed E-state index contributed by atoms with van der Waals surface area (Å²) in [6, 6.07) is 0. The minimum absolute atomic E-state index is 0.0578. The molecule has 0 aliphatic carbocycles. The molecule has 0 aromatic rings. The minimum atomic E-state index is -4.13. The molecule has 1 rings (SSSR count). The van der Waals surface area contributed by atoms with E-state index in [2.05, 4.69) is 5.32 Å².